The van der Waals surface area contributed by atoms with E-state index >= 15 is 0 Å². The van der Waals surface area contributed by atoms with Crippen molar-refractivity contribution >= 4 is 11.7 Å². The molecule has 0 heterocycles. The van der Waals surface area contributed by atoms with Gasteiger partial charge in [-0.25, -0.2) is 4.79 Å². The Labute approximate surface area is 109 Å². The fourth-order valence-corrected chi connectivity index (χ4v) is 1.41. The standard InChI is InChI=1S/C14H22N2O2/c1-5-11(4)15-14(17)16-12-8-6-7-9-13(12)18-10(2)3/h6-11H,5H2,1-4H3,(H2,15,16,17). The molecule has 0 aliphatic heterocycles. The van der Waals surface area contributed by atoms with Crippen molar-refractivity contribution in [3.63, 3.8) is 0 Å². The van der Waals surface area contributed by atoms with E-state index < -0.39 is 0 Å². The van der Waals surface area contributed by atoms with E-state index in [1.54, 1.807) is 0 Å². The minimum Gasteiger partial charge on any atom is -0.489 e. The summed E-state index contributed by atoms with van der Waals surface area (Å²) in [6.45, 7) is 7.91. The summed E-state index contributed by atoms with van der Waals surface area (Å²) in [5.74, 6) is 0.687. The van der Waals surface area contributed by atoms with Crippen molar-refractivity contribution in [2.24, 2.45) is 0 Å². The van der Waals surface area contributed by atoms with E-state index in [0.717, 1.165) is 6.42 Å². The molecule has 0 radical (unpaired) electrons. The fraction of sp³-hybridized carbons (Fsp3) is 0.500. The Bertz CT molecular complexity index is 391. The predicted octanol–water partition coefficient (Wildman–Crippen LogP) is 3.39. The van der Waals surface area contributed by atoms with Gasteiger partial charge in [0.25, 0.3) is 0 Å². The van der Waals surface area contributed by atoms with Gasteiger partial charge in [0, 0.05) is 6.04 Å². The lowest BCUT2D eigenvalue weighted by molar-refractivity contribution is 0.241. The highest BCUT2D eigenvalue weighted by atomic mass is 16.5. The van der Waals surface area contributed by atoms with E-state index in [1.165, 1.54) is 0 Å². The molecule has 2 amide bonds. The van der Waals surface area contributed by atoms with Crippen LogP contribution < -0.4 is 15.4 Å². The van der Waals surface area contributed by atoms with Crippen LogP contribution in [0.1, 0.15) is 34.1 Å². The second kappa shape index (κ2) is 6.89. The average molecular weight is 250 g/mol. The fourth-order valence-electron chi connectivity index (χ4n) is 1.41. The Morgan fingerprint density at radius 2 is 1.94 bits per heavy atom. The molecule has 0 aliphatic carbocycles. The highest BCUT2D eigenvalue weighted by Gasteiger charge is 2.09. The van der Waals surface area contributed by atoms with Gasteiger partial charge in [0.15, 0.2) is 0 Å². The third-order valence-corrected chi connectivity index (χ3v) is 2.49. The summed E-state index contributed by atoms with van der Waals surface area (Å²) in [5.41, 5.74) is 0.687. The van der Waals surface area contributed by atoms with Crippen molar-refractivity contribution in [3.05, 3.63) is 24.3 Å². The van der Waals surface area contributed by atoms with Crippen molar-refractivity contribution in [2.75, 3.05) is 5.32 Å². The molecule has 0 saturated carbocycles. The lowest BCUT2D eigenvalue weighted by Crippen LogP contribution is -2.35. The molecular weight excluding hydrogens is 228 g/mol. The van der Waals surface area contributed by atoms with Crippen LogP contribution in [0.15, 0.2) is 24.3 Å². The molecule has 2 N–H and O–H groups in total. The third kappa shape index (κ3) is 4.65. The van der Waals surface area contributed by atoms with Crippen LogP contribution >= 0.6 is 0 Å². The Morgan fingerprint density at radius 1 is 1.28 bits per heavy atom. The van der Waals surface area contributed by atoms with E-state index in [1.807, 2.05) is 52.0 Å². The van der Waals surface area contributed by atoms with E-state index in [-0.39, 0.29) is 18.2 Å². The van der Waals surface area contributed by atoms with Gasteiger partial charge in [-0.2, -0.15) is 0 Å². The number of carbonyl (C=O) groups is 1. The molecule has 1 aromatic carbocycles. The van der Waals surface area contributed by atoms with Crippen LogP contribution in [0.5, 0.6) is 5.75 Å². The first kappa shape index (κ1) is 14.4. The molecule has 4 nitrogen and oxygen atoms in total. The van der Waals surface area contributed by atoms with Gasteiger partial charge in [0.05, 0.1) is 11.8 Å². The van der Waals surface area contributed by atoms with Gasteiger partial charge >= 0.3 is 6.03 Å². The molecule has 1 rings (SSSR count). The van der Waals surface area contributed by atoms with Crippen LogP contribution in [-0.2, 0) is 0 Å². The van der Waals surface area contributed by atoms with Crippen molar-refractivity contribution in [3.8, 4) is 5.75 Å². The zero-order chi connectivity index (χ0) is 13.5. The number of anilines is 1. The van der Waals surface area contributed by atoms with Crippen LogP contribution in [0.2, 0.25) is 0 Å². The van der Waals surface area contributed by atoms with Gasteiger partial charge in [0.1, 0.15) is 5.75 Å². The van der Waals surface area contributed by atoms with E-state index in [9.17, 15) is 4.79 Å². The lowest BCUT2D eigenvalue weighted by atomic mass is 10.2. The van der Waals surface area contributed by atoms with E-state index in [4.69, 9.17) is 4.74 Å². The summed E-state index contributed by atoms with van der Waals surface area (Å²) in [6.07, 6.45) is 0.975. The van der Waals surface area contributed by atoms with E-state index in [0.29, 0.717) is 11.4 Å². The summed E-state index contributed by atoms with van der Waals surface area (Å²) in [7, 11) is 0. The van der Waals surface area contributed by atoms with Gasteiger partial charge in [-0.1, -0.05) is 19.1 Å². The second-order valence-corrected chi connectivity index (χ2v) is 4.57. The van der Waals surface area contributed by atoms with Crippen molar-refractivity contribution in [1.29, 1.82) is 0 Å². The molecule has 0 spiro atoms. The first-order valence-corrected chi connectivity index (χ1v) is 6.36. The number of ether oxygens (including phenoxy) is 1. The third-order valence-electron chi connectivity index (χ3n) is 2.49. The number of carbonyl (C=O) groups excluding carboxylic acids is 1. The summed E-state index contributed by atoms with van der Waals surface area (Å²) in [4.78, 5) is 11.7. The summed E-state index contributed by atoms with van der Waals surface area (Å²) >= 11 is 0. The highest BCUT2D eigenvalue weighted by molar-refractivity contribution is 5.91. The Kier molecular flexibility index (Phi) is 5.49. The van der Waals surface area contributed by atoms with Crippen LogP contribution in [0.3, 0.4) is 0 Å². The molecule has 0 saturated heterocycles. The van der Waals surface area contributed by atoms with Crippen LogP contribution in [0, 0.1) is 0 Å². The lowest BCUT2D eigenvalue weighted by Gasteiger charge is -2.16. The smallest absolute Gasteiger partial charge is 0.319 e. The zero-order valence-corrected chi connectivity index (χ0v) is 11.5. The number of para-hydroxylation sites is 2. The molecule has 0 aliphatic rings. The number of nitrogens with one attached hydrogen (secondary N) is 2. The first-order valence-electron chi connectivity index (χ1n) is 6.36. The van der Waals surface area contributed by atoms with Crippen LogP contribution in [0.25, 0.3) is 0 Å². The maximum Gasteiger partial charge on any atom is 0.319 e. The maximum absolute atomic E-state index is 11.7. The Morgan fingerprint density at radius 3 is 2.56 bits per heavy atom. The van der Waals surface area contributed by atoms with Gasteiger partial charge < -0.3 is 15.4 Å². The van der Waals surface area contributed by atoms with E-state index in [2.05, 4.69) is 10.6 Å². The minimum atomic E-state index is -0.204. The van der Waals surface area contributed by atoms with Crippen molar-refractivity contribution < 1.29 is 9.53 Å². The molecule has 0 bridgehead atoms. The Balaban J connectivity index is 2.68. The molecule has 18 heavy (non-hydrogen) atoms. The van der Waals surface area contributed by atoms with Gasteiger partial charge in [-0.15, -0.1) is 0 Å². The first-order chi connectivity index (χ1) is 8.52. The van der Waals surface area contributed by atoms with Crippen molar-refractivity contribution in [1.82, 2.24) is 5.32 Å². The van der Waals surface area contributed by atoms with Crippen molar-refractivity contribution in [2.45, 2.75) is 46.3 Å². The molecule has 1 atom stereocenters. The Hall–Kier alpha value is -1.71. The monoisotopic (exact) mass is 250 g/mol. The van der Waals surface area contributed by atoms with Gasteiger partial charge in [0.2, 0.25) is 0 Å². The normalized spacial score (nSPS) is 12.1. The summed E-state index contributed by atoms with van der Waals surface area (Å²) in [6, 6.07) is 7.38. The molecule has 0 fully saturated rings. The number of hydrogen-bond acceptors (Lipinski definition) is 2. The molecular formula is C14H22N2O2. The van der Waals surface area contributed by atoms with Gasteiger partial charge in [-0.3, -0.25) is 0 Å². The average Bonchev–Trinajstić information content (AvgIpc) is 2.30. The quantitative estimate of drug-likeness (QED) is 0.841. The molecule has 1 unspecified atom stereocenters. The summed E-state index contributed by atoms with van der Waals surface area (Å²) < 4.78 is 5.64. The zero-order valence-electron chi connectivity index (χ0n) is 11.5. The maximum atomic E-state index is 11.7. The SMILES string of the molecule is CCC(C)NC(=O)Nc1ccccc1OC(C)C. The molecule has 100 valence electrons. The minimum absolute atomic E-state index is 0.0746. The second-order valence-electron chi connectivity index (χ2n) is 4.57. The number of urea groups is 1. The number of hydrogen-bond donors (Lipinski definition) is 2. The van der Waals surface area contributed by atoms with Crippen LogP contribution in [-0.4, -0.2) is 18.2 Å². The largest absolute Gasteiger partial charge is 0.489 e. The summed E-state index contributed by atoms with van der Waals surface area (Å²) in [5, 5.41) is 5.66. The topological polar surface area (TPSA) is 50.4 Å². The highest BCUT2D eigenvalue weighted by Crippen LogP contribution is 2.24. The van der Waals surface area contributed by atoms with Gasteiger partial charge in [-0.05, 0) is 39.3 Å². The number of rotatable bonds is 5. The number of amides is 2. The molecule has 4 heteroatoms. The predicted molar refractivity (Wildman–Crippen MR) is 74.1 cm³/mol. The van der Waals surface area contributed by atoms with Crippen LogP contribution in [0.4, 0.5) is 10.5 Å². The number of benzene rings is 1. The molecule has 0 aromatic heterocycles. The molecule has 1 aromatic rings.